The van der Waals surface area contributed by atoms with Crippen LogP contribution in [0.25, 0.3) is 11.0 Å². The normalized spacial score (nSPS) is 15.1. The Morgan fingerprint density at radius 2 is 2.00 bits per heavy atom. The van der Waals surface area contributed by atoms with E-state index in [1.165, 1.54) is 18.2 Å². The summed E-state index contributed by atoms with van der Waals surface area (Å²) in [4.78, 5) is 11.9. The van der Waals surface area contributed by atoms with Crippen LogP contribution < -0.4 is 4.72 Å². The van der Waals surface area contributed by atoms with E-state index in [1.807, 2.05) is 4.72 Å². The number of nitrogens with zero attached hydrogens (tertiary/aromatic N) is 4. The number of rotatable bonds is 7. The fourth-order valence-electron chi connectivity index (χ4n) is 2.23. The molecule has 0 spiro atoms. The second-order valence-electron chi connectivity index (χ2n) is 5.39. The average Bonchev–Trinajstić information content (AvgIpc) is 3.16. The van der Waals surface area contributed by atoms with E-state index in [2.05, 4.69) is 31.6 Å². The summed E-state index contributed by atoms with van der Waals surface area (Å²) in [5.74, 6) is 1.88. The van der Waals surface area contributed by atoms with E-state index in [0.717, 1.165) is 0 Å². The minimum atomic E-state index is -3.97. The van der Waals surface area contributed by atoms with Crippen molar-refractivity contribution in [2.75, 3.05) is 0 Å². The van der Waals surface area contributed by atoms with Gasteiger partial charge in [0.1, 0.15) is 11.0 Å². The van der Waals surface area contributed by atoms with Crippen LogP contribution in [0.15, 0.2) is 33.3 Å². The number of hydrogen-bond donors (Lipinski definition) is 2. The number of benzene rings is 1. The zero-order valence-corrected chi connectivity index (χ0v) is 13.4. The van der Waals surface area contributed by atoms with Gasteiger partial charge < -0.3 is 0 Å². The first-order valence-corrected chi connectivity index (χ1v) is 8.66. The van der Waals surface area contributed by atoms with Crippen molar-refractivity contribution >= 4 is 27.0 Å². The fraction of sp³-hybridized carbons (Fsp3) is 0.357. The highest BCUT2D eigenvalue weighted by molar-refractivity contribution is 7.90. The largest absolute Gasteiger partial charge is 0.274 e. The van der Waals surface area contributed by atoms with E-state index >= 15 is 0 Å². The predicted molar refractivity (Wildman–Crippen MR) is 84.1 cm³/mol. The number of aromatic nitrogens is 3. The Labute approximate surface area is 138 Å². The van der Waals surface area contributed by atoms with Crippen LogP contribution in [0.5, 0.6) is 0 Å². The minimum absolute atomic E-state index is 0.0109. The van der Waals surface area contributed by atoms with Gasteiger partial charge in [0.05, 0.1) is 4.90 Å². The SMILES string of the molecule is C#CCCC1(CCC(=O)NS(=O)(=O)c2ccc3n[nH]nc3c2)N=N1. The van der Waals surface area contributed by atoms with Crippen molar-refractivity contribution in [3.63, 3.8) is 0 Å². The standard InChI is InChI=1S/C14H14N6O3S/c1-2-3-7-14(18-19-14)8-6-13(21)17-24(22,23)10-4-5-11-12(9-10)16-20-15-11/h1,4-5,9H,3,6-8H2,(H,17,21)(H,15,16,20). The Hall–Kier alpha value is -2.80. The zero-order chi connectivity index (χ0) is 17.2. The van der Waals surface area contributed by atoms with Gasteiger partial charge in [-0.1, -0.05) is 0 Å². The molecule has 0 radical (unpaired) electrons. The van der Waals surface area contributed by atoms with Gasteiger partial charge in [0.25, 0.3) is 10.0 Å². The Morgan fingerprint density at radius 1 is 1.25 bits per heavy atom. The summed E-state index contributed by atoms with van der Waals surface area (Å²) in [5.41, 5.74) is 0.314. The first kappa shape index (κ1) is 16.1. The van der Waals surface area contributed by atoms with Crippen molar-refractivity contribution in [2.45, 2.75) is 36.2 Å². The number of amides is 1. The van der Waals surface area contributed by atoms with Gasteiger partial charge in [0.15, 0.2) is 5.66 Å². The topological polar surface area (TPSA) is 130 Å². The van der Waals surface area contributed by atoms with Crippen LogP contribution in [0.3, 0.4) is 0 Å². The summed E-state index contributed by atoms with van der Waals surface area (Å²) in [6.07, 6.45) is 6.58. The predicted octanol–water partition coefficient (Wildman–Crippen LogP) is 1.12. The van der Waals surface area contributed by atoms with Gasteiger partial charge >= 0.3 is 0 Å². The minimum Gasteiger partial charge on any atom is -0.274 e. The summed E-state index contributed by atoms with van der Waals surface area (Å²) in [7, 11) is -3.97. The lowest BCUT2D eigenvalue weighted by molar-refractivity contribution is -0.119. The van der Waals surface area contributed by atoms with Gasteiger partial charge in [-0.25, -0.2) is 13.1 Å². The van der Waals surface area contributed by atoms with Crippen molar-refractivity contribution in [2.24, 2.45) is 10.2 Å². The lowest BCUT2D eigenvalue weighted by Crippen LogP contribution is -2.31. The van der Waals surface area contributed by atoms with E-state index in [4.69, 9.17) is 6.42 Å². The Morgan fingerprint density at radius 3 is 2.71 bits per heavy atom. The molecule has 0 bridgehead atoms. The van der Waals surface area contributed by atoms with Gasteiger partial charge in [0, 0.05) is 25.7 Å². The highest BCUT2D eigenvalue weighted by Crippen LogP contribution is 2.37. The molecule has 9 nitrogen and oxygen atoms in total. The first-order chi connectivity index (χ1) is 11.4. The molecule has 24 heavy (non-hydrogen) atoms. The second-order valence-corrected chi connectivity index (χ2v) is 7.07. The lowest BCUT2D eigenvalue weighted by atomic mass is 10.0. The molecule has 0 atom stereocenters. The second kappa shape index (κ2) is 6.01. The molecule has 1 aromatic heterocycles. The van der Waals surface area contributed by atoms with Crippen molar-refractivity contribution in [1.82, 2.24) is 20.1 Å². The van der Waals surface area contributed by atoms with Gasteiger partial charge in [-0.15, -0.1) is 12.3 Å². The Balaban J connectivity index is 1.61. The molecule has 2 N–H and O–H groups in total. The molecule has 10 heteroatoms. The van der Waals surface area contributed by atoms with Crippen molar-refractivity contribution < 1.29 is 13.2 Å². The molecular weight excluding hydrogens is 332 g/mol. The van der Waals surface area contributed by atoms with Gasteiger partial charge in [-0.2, -0.15) is 25.6 Å². The van der Waals surface area contributed by atoms with E-state index in [-0.39, 0.29) is 11.3 Å². The molecule has 2 heterocycles. The zero-order valence-electron chi connectivity index (χ0n) is 12.6. The quantitative estimate of drug-likeness (QED) is 0.726. The molecule has 124 valence electrons. The molecule has 1 aliphatic heterocycles. The van der Waals surface area contributed by atoms with E-state index in [9.17, 15) is 13.2 Å². The third-order valence-electron chi connectivity index (χ3n) is 3.65. The number of terminal acetylenes is 1. The van der Waals surface area contributed by atoms with Crippen LogP contribution >= 0.6 is 0 Å². The van der Waals surface area contributed by atoms with Crippen molar-refractivity contribution in [1.29, 1.82) is 0 Å². The van der Waals surface area contributed by atoms with Crippen LogP contribution in [0, 0.1) is 12.3 Å². The Bertz CT molecular complexity index is 950. The number of nitrogens with one attached hydrogen (secondary N) is 2. The molecule has 0 saturated carbocycles. The molecule has 1 aliphatic rings. The van der Waals surface area contributed by atoms with Gasteiger partial charge in [-0.3, -0.25) is 4.79 Å². The molecule has 1 amide bonds. The van der Waals surface area contributed by atoms with Crippen LogP contribution in [-0.4, -0.2) is 35.4 Å². The summed E-state index contributed by atoms with van der Waals surface area (Å²) in [6, 6.07) is 4.21. The van der Waals surface area contributed by atoms with Gasteiger partial charge in [-0.05, 0) is 18.2 Å². The molecule has 0 unspecified atom stereocenters. The smallest absolute Gasteiger partial charge is 0.264 e. The maximum absolute atomic E-state index is 12.3. The van der Waals surface area contributed by atoms with Crippen molar-refractivity contribution in [3.05, 3.63) is 18.2 Å². The van der Waals surface area contributed by atoms with Crippen LogP contribution in [0.1, 0.15) is 25.7 Å². The molecule has 2 aromatic rings. The molecule has 1 aromatic carbocycles. The fourth-order valence-corrected chi connectivity index (χ4v) is 3.26. The lowest BCUT2D eigenvalue weighted by Gasteiger charge is -2.09. The summed E-state index contributed by atoms with van der Waals surface area (Å²) >= 11 is 0. The summed E-state index contributed by atoms with van der Waals surface area (Å²) < 4.78 is 26.6. The van der Waals surface area contributed by atoms with Crippen LogP contribution in [0.4, 0.5) is 0 Å². The molecule has 0 fully saturated rings. The Kier molecular flexibility index (Phi) is 4.02. The molecule has 3 rings (SSSR count). The number of carbonyl (C=O) groups excluding carboxylic acids is 1. The average molecular weight is 346 g/mol. The number of fused-ring (bicyclic) bond motifs is 1. The maximum atomic E-state index is 12.3. The van der Waals surface area contributed by atoms with E-state index in [0.29, 0.717) is 30.3 Å². The molecule has 0 saturated heterocycles. The summed E-state index contributed by atoms with van der Waals surface area (Å²) in [6.45, 7) is 0. The van der Waals surface area contributed by atoms with Crippen LogP contribution in [-0.2, 0) is 14.8 Å². The van der Waals surface area contributed by atoms with E-state index < -0.39 is 21.6 Å². The maximum Gasteiger partial charge on any atom is 0.264 e. The third kappa shape index (κ3) is 3.41. The van der Waals surface area contributed by atoms with E-state index in [1.54, 1.807) is 0 Å². The highest BCUT2D eigenvalue weighted by atomic mass is 32.2. The first-order valence-electron chi connectivity index (χ1n) is 7.18. The van der Waals surface area contributed by atoms with Gasteiger partial charge in [0.2, 0.25) is 5.91 Å². The monoisotopic (exact) mass is 346 g/mol. The van der Waals surface area contributed by atoms with Crippen molar-refractivity contribution in [3.8, 4) is 12.3 Å². The molecule has 0 aliphatic carbocycles. The number of carbonyl (C=O) groups is 1. The number of H-pyrrole nitrogens is 1. The highest BCUT2D eigenvalue weighted by Gasteiger charge is 2.39. The molecular formula is C14H14N6O3S. The number of hydrogen-bond acceptors (Lipinski definition) is 7. The number of aromatic amines is 1. The summed E-state index contributed by atoms with van der Waals surface area (Å²) in [5, 5.41) is 17.9. The number of sulfonamides is 1. The van der Waals surface area contributed by atoms with Crippen LogP contribution in [0.2, 0.25) is 0 Å². The third-order valence-corrected chi connectivity index (χ3v) is 5.02.